The molecular weight excluding hydrogens is 499 g/mol. The van der Waals surface area contributed by atoms with Crippen LogP contribution in [0.25, 0.3) is 33.5 Å². The van der Waals surface area contributed by atoms with Crippen molar-refractivity contribution in [1.82, 2.24) is 29.5 Å². The van der Waals surface area contributed by atoms with Crippen molar-refractivity contribution in [1.29, 1.82) is 5.26 Å². The molecule has 13 nitrogen and oxygen atoms in total. The fourth-order valence-electron chi connectivity index (χ4n) is 4.64. The molecule has 14 heteroatoms. The van der Waals surface area contributed by atoms with Crippen LogP contribution in [0.15, 0.2) is 59.8 Å². The van der Waals surface area contributed by atoms with Gasteiger partial charge in [-0.1, -0.05) is 0 Å². The molecule has 0 saturated carbocycles. The molecule has 1 aliphatic heterocycles. The molecule has 0 amide bonds. The Morgan fingerprint density at radius 1 is 1.24 bits per heavy atom. The number of hydrogen-bond donors (Lipinski definition) is 4. The molecule has 37 heavy (non-hydrogen) atoms. The molecule has 0 aromatic carbocycles. The Balaban J connectivity index is 0.000000514. The van der Waals surface area contributed by atoms with E-state index in [-0.39, 0.29) is 6.04 Å². The van der Waals surface area contributed by atoms with E-state index >= 15 is 0 Å². The predicted molar refractivity (Wildman–Crippen MR) is 133 cm³/mol. The Bertz CT molecular complexity index is 1570. The van der Waals surface area contributed by atoms with Crippen molar-refractivity contribution in [3.8, 4) is 17.3 Å². The number of pyridine rings is 1. The summed E-state index contributed by atoms with van der Waals surface area (Å²) in [6.07, 6.45) is 10.7. The maximum atomic E-state index is 9.53. The molecule has 2 unspecified atom stereocenters. The summed E-state index contributed by atoms with van der Waals surface area (Å²) in [7, 11) is -4.64. The van der Waals surface area contributed by atoms with Gasteiger partial charge in [0.05, 0.1) is 24.2 Å². The van der Waals surface area contributed by atoms with Crippen LogP contribution in [0.2, 0.25) is 0 Å². The minimum Gasteiger partial charge on any atom is -0.404 e. The number of oxazole rings is 1. The lowest BCUT2D eigenvalue weighted by Crippen LogP contribution is -2.24. The maximum Gasteiger partial charge on any atom is 0.466 e. The van der Waals surface area contributed by atoms with Crippen molar-refractivity contribution in [2.75, 3.05) is 18.0 Å². The summed E-state index contributed by atoms with van der Waals surface area (Å²) in [6, 6.07) is 10.8. The summed E-state index contributed by atoms with van der Waals surface area (Å²) in [5, 5.41) is 10.5. The molecule has 6 heterocycles. The first-order valence-electron chi connectivity index (χ1n) is 11.4. The van der Waals surface area contributed by atoms with Gasteiger partial charge >= 0.3 is 7.82 Å². The van der Waals surface area contributed by atoms with Crippen LogP contribution in [0.3, 0.4) is 0 Å². The van der Waals surface area contributed by atoms with Gasteiger partial charge in [-0.2, -0.15) is 10.2 Å². The highest BCUT2D eigenvalue weighted by atomic mass is 31.2. The van der Waals surface area contributed by atoms with Crippen LogP contribution in [0.4, 0.5) is 6.01 Å². The second-order valence-electron chi connectivity index (χ2n) is 8.57. The highest BCUT2D eigenvalue weighted by molar-refractivity contribution is 7.45. The molecule has 0 bridgehead atoms. The first-order chi connectivity index (χ1) is 17.8. The zero-order valence-corrected chi connectivity index (χ0v) is 20.3. The quantitative estimate of drug-likeness (QED) is 0.248. The zero-order chi connectivity index (χ0) is 26.0. The van der Waals surface area contributed by atoms with Gasteiger partial charge in [0.1, 0.15) is 17.5 Å². The zero-order valence-electron chi connectivity index (χ0n) is 19.4. The largest absolute Gasteiger partial charge is 0.466 e. The molecule has 2 atom stereocenters. The monoisotopic (exact) mass is 522 g/mol. The first kappa shape index (κ1) is 24.6. The van der Waals surface area contributed by atoms with E-state index in [2.05, 4.69) is 52.7 Å². The van der Waals surface area contributed by atoms with Crippen LogP contribution >= 0.6 is 7.82 Å². The Kier molecular flexibility index (Phi) is 6.73. The van der Waals surface area contributed by atoms with Gasteiger partial charge in [0.25, 0.3) is 6.01 Å². The second-order valence-corrected chi connectivity index (χ2v) is 9.60. The fraction of sp³-hybridized carbons (Fsp3) is 0.261. The van der Waals surface area contributed by atoms with Crippen LogP contribution < -0.4 is 4.90 Å². The molecule has 0 radical (unpaired) electrons. The van der Waals surface area contributed by atoms with E-state index in [0.29, 0.717) is 24.1 Å². The van der Waals surface area contributed by atoms with E-state index in [9.17, 15) is 5.26 Å². The highest BCUT2D eigenvalue weighted by Crippen LogP contribution is 2.35. The smallest absolute Gasteiger partial charge is 0.404 e. The van der Waals surface area contributed by atoms with Gasteiger partial charge < -0.3 is 33.5 Å². The summed E-state index contributed by atoms with van der Waals surface area (Å²) in [4.78, 5) is 44.4. The van der Waals surface area contributed by atoms with Crippen molar-refractivity contribution < 1.29 is 23.7 Å². The SMILES string of the molecule is N#CCC(C1CCN(c2nc3cccnc3o2)C1)n1ccc(-c2ncnc3[nH]ccc23)c1.O=P(O)(O)O. The van der Waals surface area contributed by atoms with Gasteiger partial charge in [-0.15, -0.1) is 0 Å². The molecule has 1 fully saturated rings. The number of fused-ring (bicyclic) bond motifs is 2. The van der Waals surface area contributed by atoms with Gasteiger partial charge in [0, 0.05) is 48.8 Å². The number of aromatic nitrogens is 6. The lowest BCUT2D eigenvalue weighted by molar-refractivity contribution is 0.275. The molecule has 0 spiro atoms. The van der Waals surface area contributed by atoms with Crippen LogP contribution in [-0.4, -0.2) is 57.3 Å². The Morgan fingerprint density at radius 3 is 2.86 bits per heavy atom. The summed E-state index contributed by atoms with van der Waals surface area (Å²) in [5.74, 6) is 0.301. The third kappa shape index (κ3) is 5.52. The van der Waals surface area contributed by atoms with Crippen molar-refractivity contribution in [2.24, 2.45) is 5.92 Å². The summed E-state index contributed by atoms with van der Waals surface area (Å²) >= 11 is 0. The summed E-state index contributed by atoms with van der Waals surface area (Å²) in [6.45, 7) is 1.62. The maximum absolute atomic E-state index is 9.53. The van der Waals surface area contributed by atoms with Crippen LogP contribution in [0.5, 0.6) is 0 Å². The fourth-order valence-corrected chi connectivity index (χ4v) is 4.64. The number of nitriles is 1. The molecule has 6 rings (SSSR count). The average molecular weight is 522 g/mol. The first-order valence-corrected chi connectivity index (χ1v) is 12.9. The van der Waals surface area contributed by atoms with Crippen LogP contribution in [0, 0.1) is 17.2 Å². The van der Waals surface area contributed by atoms with E-state index in [4.69, 9.17) is 23.7 Å². The Morgan fingerprint density at radius 2 is 2.08 bits per heavy atom. The number of nitrogens with zero attached hydrogens (tertiary/aromatic N) is 7. The minimum absolute atomic E-state index is 0.0600. The van der Waals surface area contributed by atoms with E-state index in [0.717, 1.165) is 47.3 Å². The molecule has 5 aromatic rings. The van der Waals surface area contributed by atoms with Gasteiger partial charge in [0.2, 0.25) is 5.71 Å². The lowest BCUT2D eigenvalue weighted by Gasteiger charge is -2.23. The molecule has 1 saturated heterocycles. The number of hydrogen-bond acceptors (Lipinski definition) is 8. The Hall–Kier alpha value is -4.08. The van der Waals surface area contributed by atoms with Crippen LogP contribution in [-0.2, 0) is 4.57 Å². The number of nitrogens with one attached hydrogen (secondary N) is 1. The van der Waals surface area contributed by atoms with Gasteiger partial charge in [0.15, 0.2) is 0 Å². The van der Waals surface area contributed by atoms with Crippen molar-refractivity contribution in [2.45, 2.75) is 18.9 Å². The second kappa shape index (κ2) is 10.1. The van der Waals surface area contributed by atoms with E-state index < -0.39 is 7.82 Å². The van der Waals surface area contributed by atoms with E-state index in [1.54, 1.807) is 12.5 Å². The van der Waals surface area contributed by atoms with Gasteiger partial charge in [-0.3, -0.25) is 0 Å². The molecule has 0 aliphatic carbocycles. The number of rotatable bonds is 5. The van der Waals surface area contributed by atoms with Crippen LogP contribution in [0.1, 0.15) is 18.9 Å². The third-order valence-corrected chi connectivity index (χ3v) is 6.22. The molecule has 4 N–H and O–H groups in total. The highest BCUT2D eigenvalue weighted by Gasteiger charge is 2.32. The molecular formula is C23H23N8O5P. The van der Waals surface area contributed by atoms with Crippen molar-refractivity contribution >= 4 is 36.1 Å². The normalized spacial score (nSPS) is 16.5. The summed E-state index contributed by atoms with van der Waals surface area (Å²) in [5.41, 5.74) is 4.03. The van der Waals surface area contributed by atoms with Gasteiger partial charge in [-0.05, 0) is 36.6 Å². The number of phosphoric acid groups is 1. The standard InChI is InChI=1S/C23H20N8O.H3O4P/c24-7-3-19(15-5-11-31(12-15)23-29-18-2-1-8-26-22(18)32-23)30-10-6-16(13-30)20-17-4-9-25-21(17)28-14-27-20;1-5(2,3)4/h1-2,4,6,8-10,13-15,19H,3,5,11-12H2,(H,25,27,28);(H3,1,2,3,4). The topological polar surface area (TPSA) is 190 Å². The third-order valence-electron chi connectivity index (χ3n) is 6.22. The van der Waals surface area contributed by atoms with Crippen molar-refractivity contribution in [3.05, 3.63) is 55.4 Å². The molecule has 190 valence electrons. The molecule has 1 aliphatic rings. The predicted octanol–water partition coefficient (Wildman–Crippen LogP) is 3.02. The summed E-state index contributed by atoms with van der Waals surface area (Å²) < 4.78 is 16.9. The molecule has 5 aromatic heterocycles. The van der Waals surface area contributed by atoms with Crippen molar-refractivity contribution in [3.63, 3.8) is 0 Å². The van der Waals surface area contributed by atoms with E-state index in [1.807, 2.05) is 30.6 Å². The average Bonchev–Trinajstić information content (AvgIpc) is 3.66. The number of aromatic amines is 1. The number of anilines is 1. The Labute approximate surface area is 210 Å². The lowest BCUT2D eigenvalue weighted by atomic mass is 9.96. The minimum atomic E-state index is -4.64. The number of H-pyrrole nitrogens is 1. The van der Waals surface area contributed by atoms with E-state index in [1.165, 1.54) is 0 Å². The van der Waals surface area contributed by atoms with Gasteiger partial charge in [-0.25, -0.2) is 19.5 Å².